The topological polar surface area (TPSA) is 90.0 Å². The van der Waals surface area contributed by atoms with Crippen molar-refractivity contribution in [2.24, 2.45) is 5.92 Å². The number of urea groups is 1. The molecule has 31 heavy (non-hydrogen) atoms. The first kappa shape index (κ1) is 22.2. The predicted molar refractivity (Wildman–Crippen MR) is 117 cm³/mol. The number of piperidine rings is 2. The Bertz CT molecular complexity index is 918. The maximum atomic E-state index is 13.3. The van der Waals surface area contributed by atoms with Crippen molar-refractivity contribution in [3.8, 4) is 0 Å². The van der Waals surface area contributed by atoms with Crippen LogP contribution in [0.25, 0.3) is 0 Å². The number of rotatable bonds is 5. The number of benzene rings is 1. The lowest BCUT2D eigenvalue weighted by atomic mass is 9.86. The second-order valence-electron chi connectivity index (χ2n) is 9.33. The Labute approximate surface area is 184 Å². The molecule has 3 fully saturated rings. The van der Waals surface area contributed by atoms with E-state index in [1.54, 1.807) is 30.3 Å². The van der Waals surface area contributed by atoms with Gasteiger partial charge in [0, 0.05) is 38.8 Å². The Hall–Kier alpha value is -1.97. The molecule has 0 atom stereocenters. The van der Waals surface area contributed by atoms with Crippen molar-refractivity contribution in [1.82, 2.24) is 19.4 Å². The fourth-order valence-corrected chi connectivity index (χ4v) is 6.52. The number of nitrogens with one attached hydrogen (secondary N) is 1. The van der Waals surface area contributed by atoms with Crippen molar-refractivity contribution >= 4 is 22.0 Å². The van der Waals surface area contributed by atoms with Gasteiger partial charge >= 0.3 is 6.03 Å². The van der Waals surface area contributed by atoms with Crippen LogP contribution in [0.15, 0.2) is 35.2 Å². The van der Waals surface area contributed by atoms with Gasteiger partial charge in [-0.3, -0.25) is 9.69 Å². The highest BCUT2D eigenvalue weighted by atomic mass is 32.2. The maximum absolute atomic E-state index is 13.3. The van der Waals surface area contributed by atoms with E-state index >= 15 is 0 Å². The van der Waals surface area contributed by atoms with E-state index in [0.29, 0.717) is 44.7 Å². The minimum atomic E-state index is -3.56. The van der Waals surface area contributed by atoms with Gasteiger partial charge in [0.15, 0.2) is 0 Å². The van der Waals surface area contributed by atoms with Gasteiger partial charge in [0.25, 0.3) is 5.91 Å². The predicted octanol–water partition coefficient (Wildman–Crippen LogP) is 1.88. The third kappa shape index (κ3) is 4.23. The highest BCUT2D eigenvalue weighted by Crippen LogP contribution is 2.33. The number of imide groups is 1. The second-order valence-corrected chi connectivity index (χ2v) is 11.3. The van der Waals surface area contributed by atoms with Crippen molar-refractivity contribution in [2.75, 3.05) is 32.7 Å². The molecule has 1 aromatic rings. The Morgan fingerprint density at radius 1 is 1.03 bits per heavy atom. The van der Waals surface area contributed by atoms with Crippen LogP contribution in [0, 0.1) is 5.92 Å². The van der Waals surface area contributed by atoms with Gasteiger partial charge in [-0.05, 0) is 43.7 Å². The van der Waals surface area contributed by atoms with Crippen LogP contribution in [0.2, 0.25) is 0 Å². The summed E-state index contributed by atoms with van der Waals surface area (Å²) in [7, 11) is -3.56. The molecule has 1 aromatic carbocycles. The standard InChI is InChI=1S/C22H32N4O4S/c1-17(2)16-24-14-10-22(11-15-24)20(27)26(21(28)23-22)18-8-12-25(13-9-18)31(29,30)19-6-4-3-5-7-19/h3-7,17-18H,8-16H2,1-2H3,(H,23,28). The smallest absolute Gasteiger partial charge is 0.323 e. The van der Waals surface area contributed by atoms with E-state index in [4.69, 9.17) is 0 Å². The highest BCUT2D eigenvalue weighted by molar-refractivity contribution is 7.89. The molecule has 0 bridgehead atoms. The molecule has 3 saturated heterocycles. The summed E-state index contributed by atoms with van der Waals surface area (Å²) in [5.74, 6) is 0.433. The summed E-state index contributed by atoms with van der Waals surface area (Å²) in [5.41, 5.74) is -0.794. The summed E-state index contributed by atoms with van der Waals surface area (Å²) in [6.07, 6.45) is 2.17. The molecular formula is C22H32N4O4S. The number of nitrogens with zero attached hydrogens (tertiary/aromatic N) is 3. The Kier molecular flexibility index (Phi) is 6.11. The molecule has 0 aromatic heterocycles. The Morgan fingerprint density at radius 2 is 1.65 bits per heavy atom. The minimum absolute atomic E-state index is 0.133. The minimum Gasteiger partial charge on any atom is -0.323 e. The molecule has 0 aliphatic carbocycles. The fourth-order valence-electron chi connectivity index (χ4n) is 5.03. The first-order valence-corrected chi connectivity index (χ1v) is 12.6. The Morgan fingerprint density at radius 3 is 2.23 bits per heavy atom. The summed E-state index contributed by atoms with van der Waals surface area (Å²) in [5, 5.41) is 2.99. The molecular weight excluding hydrogens is 416 g/mol. The van der Waals surface area contributed by atoms with Crippen molar-refractivity contribution in [3.05, 3.63) is 30.3 Å². The molecule has 0 saturated carbocycles. The van der Waals surface area contributed by atoms with Crippen LogP contribution in [0.4, 0.5) is 4.79 Å². The van der Waals surface area contributed by atoms with Crippen LogP contribution >= 0.6 is 0 Å². The zero-order valence-corrected chi connectivity index (χ0v) is 19.1. The Balaban J connectivity index is 1.39. The van der Waals surface area contributed by atoms with Crippen LogP contribution < -0.4 is 5.32 Å². The van der Waals surface area contributed by atoms with Gasteiger partial charge in [0.2, 0.25) is 10.0 Å². The number of carbonyl (C=O) groups is 2. The molecule has 3 heterocycles. The summed E-state index contributed by atoms with van der Waals surface area (Å²) >= 11 is 0. The molecule has 3 aliphatic rings. The number of carbonyl (C=O) groups excluding carboxylic acids is 2. The van der Waals surface area contributed by atoms with Gasteiger partial charge in [-0.15, -0.1) is 0 Å². The third-order valence-corrected chi connectivity index (χ3v) is 8.61. The maximum Gasteiger partial charge on any atom is 0.325 e. The molecule has 9 heteroatoms. The molecule has 1 spiro atoms. The zero-order valence-electron chi connectivity index (χ0n) is 18.3. The van der Waals surface area contributed by atoms with Crippen molar-refractivity contribution in [1.29, 1.82) is 0 Å². The summed E-state index contributed by atoms with van der Waals surface area (Å²) < 4.78 is 27.2. The fraction of sp³-hybridized carbons (Fsp3) is 0.636. The molecule has 3 aliphatic heterocycles. The molecule has 4 rings (SSSR count). The average molecular weight is 449 g/mol. The highest BCUT2D eigenvalue weighted by Gasteiger charge is 2.54. The summed E-state index contributed by atoms with van der Waals surface area (Å²) in [4.78, 5) is 30.1. The molecule has 8 nitrogen and oxygen atoms in total. The number of hydrogen-bond donors (Lipinski definition) is 1. The molecule has 0 radical (unpaired) electrons. The average Bonchev–Trinajstić information content (AvgIpc) is 2.99. The zero-order chi connectivity index (χ0) is 22.2. The van der Waals surface area contributed by atoms with Crippen LogP contribution in [-0.2, 0) is 14.8 Å². The largest absolute Gasteiger partial charge is 0.325 e. The van der Waals surface area contributed by atoms with E-state index < -0.39 is 15.6 Å². The molecule has 170 valence electrons. The number of sulfonamides is 1. The summed E-state index contributed by atoms with van der Waals surface area (Å²) in [6, 6.07) is 7.79. The monoisotopic (exact) mass is 448 g/mol. The lowest BCUT2D eigenvalue weighted by Gasteiger charge is -2.39. The third-order valence-electron chi connectivity index (χ3n) is 6.70. The van der Waals surface area contributed by atoms with Crippen LogP contribution in [0.5, 0.6) is 0 Å². The number of likely N-dealkylation sites (tertiary alicyclic amines) is 1. The van der Waals surface area contributed by atoms with Gasteiger partial charge in [0.05, 0.1) is 4.90 Å². The van der Waals surface area contributed by atoms with E-state index in [1.807, 2.05) is 0 Å². The van der Waals surface area contributed by atoms with E-state index in [0.717, 1.165) is 19.6 Å². The van der Waals surface area contributed by atoms with Gasteiger partial charge in [-0.25, -0.2) is 13.2 Å². The normalized spacial score (nSPS) is 23.6. The molecule has 0 unspecified atom stereocenters. The van der Waals surface area contributed by atoms with Gasteiger partial charge in [0.1, 0.15) is 5.54 Å². The van der Waals surface area contributed by atoms with Crippen molar-refractivity contribution in [2.45, 2.75) is 56.0 Å². The second kappa shape index (κ2) is 8.52. The number of hydrogen-bond acceptors (Lipinski definition) is 5. The van der Waals surface area contributed by atoms with Crippen LogP contribution in [-0.4, -0.2) is 78.8 Å². The van der Waals surface area contributed by atoms with Crippen molar-refractivity contribution in [3.63, 3.8) is 0 Å². The van der Waals surface area contributed by atoms with Gasteiger partial charge in [-0.1, -0.05) is 32.0 Å². The van der Waals surface area contributed by atoms with E-state index in [1.165, 1.54) is 9.21 Å². The van der Waals surface area contributed by atoms with Gasteiger partial charge in [-0.2, -0.15) is 4.31 Å². The number of amides is 3. The summed E-state index contributed by atoms with van der Waals surface area (Å²) in [6.45, 7) is 7.55. The van der Waals surface area contributed by atoms with Crippen molar-refractivity contribution < 1.29 is 18.0 Å². The lowest BCUT2D eigenvalue weighted by Crippen LogP contribution is -2.56. The molecule has 1 N–H and O–H groups in total. The van der Waals surface area contributed by atoms with Crippen LogP contribution in [0.1, 0.15) is 39.5 Å². The first-order chi connectivity index (χ1) is 14.7. The molecule has 3 amide bonds. The lowest BCUT2D eigenvalue weighted by molar-refractivity contribution is -0.135. The first-order valence-electron chi connectivity index (χ1n) is 11.2. The quantitative estimate of drug-likeness (QED) is 0.695. The van der Waals surface area contributed by atoms with E-state index in [2.05, 4.69) is 24.1 Å². The SMILES string of the molecule is CC(C)CN1CCC2(CC1)NC(=O)N(C1CCN(S(=O)(=O)c3ccccc3)CC1)C2=O. The van der Waals surface area contributed by atoms with E-state index in [9.17, 15) is 18.0 Å². The van der Waals surface area contributed by atoms with Crippen LogP contribution in [0.3, 0.4) is 0 Å². The van der Waals surface area contributed by atoms with Gasteiger partial charge < -0.3 is 10.2 Å². The van der Waals surface area contributed by atoms with E-state index in [-0.39, 0.29) is 22.9 Å².